The summed E-state index contributed by atoms with van der Waals surface area (Å²) in [4.78, 5) is 26.2. The molecule has 0 unspecified atom stereocenters. The van der Waals surface area contributed by atoms with E-state index in [9.17, 15) is 9.59 Å². The number of rotatable bonds is 8. The van der Waals surface area contributed by atoms with Crippen molar-refractivity contribution < 1.29 is 9.59 Å². The summed E-state index contributed by atoms with van der Waals surface area (Å²) < 4.78 is 0. The zero-order valence-corrected chi connectivity index (χ0v) is 21.7. The fourth-order valence-corrected chi connectivity index (χ4v) is 7.96. The molecule has 3 saturated carbocycles. The Hall–Kier alpha value is -0.660. The van der Waals surface area contributed by atoms with E-state index in [1.165, 1.54) is 38.5 Å². The van der Waals surface area contributed by atoms with E-state index in [2.05, 4.69) is 48.5 Å². The average Bonchev–Trinajstić information content (AvgIpc) is 2.69. The molecule has 3 fully saturated rings. The maximum atomic E-state index is 13.3. The molecule has 0 aromatic heterocycles. The number of carbonyl (C=O) groups excluding carboxylic acids is 2. The summed E-state index contributed by atoms with van der Waals surface area (Å²) in [5, 5.41) is 0. The molecule has 2 heteroatoms. The van der Waals surface area contributed by atoms with Gasteiger partial charge in [-0.25, -0.2) is 0 Å². The minimum absolute atomic E-state index is 0.144. The minimum Gasteiger partial charge on any atom is -0.299 e. The molecule has 3 rings (SSSR count). The highest BCUT2D eigenvalue weighted by Gasteiger charge is 2.60. The number of hydrogen-bond donors (Lipinski definition) is 0. The Labute approximate surface area is 192 Å². The van der Waals surface area contributed by atoms with Crippen molar-refractivity contribution in [3.63, 3.8) is 0 Å². The molecule has 31 heavy (non-hydrogen) atoms. The smallest absolute Gasteiger partial charge is 0.139 e. The van der Waals surface area contributed by atoms with Gasteiger partial charge in [-0.05, 0) is 79.4 Å². The molecule has 0 aromatic carbocycles. The highest BCUT2D eigenvalue weighted by atomic mass is 16.1. The van der Waals surface area contributed by atoms with E-state index in [4.69, 9.17) is 0 Å². The summed E-state index contributed by atoms with van der Waals surface area (Å²) in [5.74, 6) is 3.62. The van der Waals surface area contributed by atoms with E-state index in [1.54, 1.807) is 0 Å². The van der Waals surface area contributed by atoms with E-state index < -0.39 is 0 Å². The van der Waals surface area contributed by atoms with Crippen molar-refractivity contribution in [2.45, 2.75) is 126 Å². The van der Waals surface area contributed by atoms with Crippen LogP contribution in [0.1, 0.15) is 126 Å². The van der Waals surface area contributed by atoms with Gasteiger partial charge in [0.15, 0.2) is 0 Å². The van der Waals surface area contributed by atoms with Crippen LogP contribution in [-0.4, -0.2) is 11.6 Å². The molecular formula is C29H50O2. The first-order valence-corrected chi connectivity index (χ1v) is 13.5. The first kappa shape index (κ1) is 25.0. The summed E-state index contributed by atoms with van der Waals surface area (Å²) in [6.45, 7) is 16.4. The number of hydrogen-bond acceptors (Lipinski definition) is 2. The molecule has 0 aliphatic heterocycles. The maximum absolute atomic E-state index is 13.3. The quantitative estimate of drug-likeness (QED) is 0.390. The van der Waals surface area contributed by atoms with Crippen molar-refractivity contribution in [3.8, 4) is 0 Å². The SMILES string of the molecule is CC(C)CCC[C@@H](C)C(=O)CC[C@@]1(C)C(=O)CC[C@@H]2[C@@H]1CC[C@@]1(C)[C@H]2CCCC1(C)C. The third kappa shape index (κ3) is 4.70. The van der Waals surface area contributed by atoms with Gasteiger partial charge in [-0.1, -0.05) is 67.7 Å². The van der Waals surface area contributed by atoms with Crippen molar-refractivity contribution in [1.29, 1.82) is 0 Å². The van der Waals surface area contributed by atoms with E-state index >= 15 is 0 Å². The third-order valence-electron chi connectivity index (χ3n) is 10.7. The van der Waals surface area contributed by atoms with Crippen LogP contribution in [0.5, 0.6) is 0 Å². The van der Waals surface area contributed by atoms with Crippen LogP contribution in [0.4, 0.5) is 0 Å². The molecule has 0 heterocycles. The van der Waals surface area contributed by atoms with E-state index in [1.807, 2.05) is 0 Å². The van der Waals surface area contributed by atoms with Crippen molar-refractivity contribution >= 4 is 11.6 Å². The van der Waals surface area contributed by atoms with Crippen molar-refractivity contribution in [3.05, 3.63) is 0 Å². The topological polar surface area (TPSA) is 34.1 Å². The summed E-state index contributed by atoms with van der Waals surface area (Å²) in [5.41, 5.74) is 0.535. The summed E-state index contributed by atoms with van der Waals surface area (Å²) >= 11 is 0. The van der Waals surface area contributed by atoms with Crippen LogP contribution in [-0.2, 0) is 9.59 Å². The highest BCUT2D eigenvalue weighted by molar-refractivity contribution is 5.87. The molecule has 3 aliphatic carbocycles. The van der Waals surface area contributed by atoms with Crippen LogP contribution in [0, 0.1) is 45.8 Å². The molecule has 178 valence electrons. The van der Waals surface area contributed by atoms with Gasteiger partial charge in [0, 0.05) is 24.2 Å². The monoisotopic (exact) mass is 430 g/mol. The summed E-state index contributed by atoms with van der Waals surface area (Å²) in [6.07, 6.45) is 13.0. The minimum atomic E-state index is -0.279. The van der Waals surface area contributed by atoms with Crippen LogP contribution in [0.3, 0.4) is 0 Å². The van der Waals surface area contributed by atoms with E-state index in [-0.39, 0.29) is 11.3 Å². The molecule has 0 spiro atoms. The van der Waals surface area contributed by atoms with Crippen LogP contribution in [0.2, 0.25) is 0 Å². The Kier molecular flexibility index (Phi) is 7.49. The molecule has 0 saturated heterocycles. The Morgan fingerprint density at radius 3 is 2.35 bits per heavy atom. The largest absolute Gasteiger partial charge is 0.299 e. The van der Waals surface area contributed by atoms with Gasteiger partial charge in [-0.3, -0.25) is 9.59 Å². The van der Waals surface area contributed by atoms with Gasteiger partial charge in [0.05, 0.1) is 0 Å². The van der Waals surface area contributed by atoms with Gasteiger partial charge < -0.3 is 0 Å². The lowest BCUT2D eigenvalue weighted by atomic mass is 9.41. The van der Waals surface area contributed by atoms with Crippen LogP contribution in [0.15, 0.2) is 0 Å². The molecule has 6 atom stereocenters. The van der Waals surface area contributed by atoms with E-state index in [0.717, 1.165) is 38.0 Å². The molecule has 0 amide bonds. The highest BCUT2D eigenvalue weighted by Crippen LogP contribution is 2.66. The van der Waals surface area contributed by atoms with Crippen molar-refractivity contribution in [2.75, 3.05) is 0 Å². The second-order valence-corrected chi connectivity index (χ2v) is 13.2. The zero-order valence-electron chi connectivity index (χ0n) is 21.7. The van der Waals surface area contributed by atoms with Crippen LogP contribution < -0.4 is 0 Å². The predicted octanol–water partition coefficient (Wildman–Crippen LogP) is 8.03. The van der Waals surface area contributed by atoms with Crippen LogP contribution >= 0.6 is 0 Å². The zero-order chi connectivity index (χ0) is 23.0. The molecule has 3 aliphatic rings. The first-order valence-electron chi connectivity index (χ1n) is 13.5. The van der Waals surface area contributed by atoms with Gasteiger partial charge in [0.25, 0.3) is 0 Å². The fraction of sp³-hybridized carbons (Fsp3) is 0.931. The predicted molar refractivity (Wildman–Crippen MR) is 130 cm³/mol. The maximum Gasteiger partial charge on any atom is 0.139 e. The Balaban J connectivity index is 1.68. The molecule has 0 radical (unpaired) electrons. The number of fused-ring (bicyclic) bond motifs is 3. The number of carbonyl (C=O) groups is 2. The molecule has 0 bridgehead atoms. The Bertz CT molecular complexity index is 662. The van der Waals surface area contributed by atoms with Crippen molar-refractivity contribution in [2.24, 2.45) is 45.8 Å². The van der Waals surface area contributed by atoms with Gasteiger partial charge in [-0.15, -0.1) is 0 Å². The lowest BCUT2D eigenvalue weighted by Crippen LogP contribution is -2.57. The Morgan fingerprint density at radius 2 is 1.68 bits per heavy atom. The number of Topliss-reactive ketones (excluding diaryl/α,β-unsaturated/α-hetero) is 2. The second kappa shape index (κ2) is 9.30. The third-order valence-corrected chi connectivity index (χ3v) is 10.7. The molecule has 2 nitrogen and oxygen atoms in total. The molecule has 0 aromatic rings. The normalized spacial score (nSPS) is 38.5. The summed E-state index contributed by atoms with van der Waals surface area (Å²) in [7, 11) is 0. The lowest BCUT2D eigenvalue weighted by Gasteiger charge is -2.63. The van der Waals surface area contributed by atoms with Gasteiger partial charge >= 0.3 is 0 Å². The lowest BCUT2D eigenvalue weighted by molar-refractivity contribution is -0.161. The summed E-state index contributed by atoms with van der Waals surface area (Å²) in [6, 6.07) is 0. The first-order chi connectivity index (χ1) is 14.4. The second-order valence-electron chi connectivity index (χ2n) is 13.2. The van der Waals surface area contributed by atoms with E-state index in [0.29, 0.717) is 46.6 Å². The van der Waals surface area contributed by atoms with Gasteiger partial charge in [-0.2, -0.15) is 0 Å². The van der Waals surface area contributed by atoms with Crippen LogP contribution in [0.25, 0.3) is 0 Å². The fourth-order valence-electron chi connectivity index (χ4n) is 7.96. The standard InChI is InChI=1S/C29H50O2/c1-20(2)10-8-11-21(3)25(30)16-18-28(6)23-15-19-29(7)24(12-9-17-27(29,4)5)22(23)13-14-26(28)31/h20-24H,8-19H2,1-7H3/t21-,22-,23+,24+,28-,29+/m1/s1. The average molecular weight is 431 g/mol. The van der Waals surface area contributed by atoms with Gasteiger partial charge in [0.2, 0.25) is 0 Å². The molecule has 0 N–H and O–H groups in total. The number of ketones is 2. The van der Waals surface area contributed by atoms with Crippen molar-refractivity contribution in [1.82, 2.24) is 0 Å². The Morgan fingerprint density at radius 1 is 0.968 bits per heavy atom. The van der Waals surface area contributed by atoms with Gasteiger partial charge in [0.1, 0.15) is 11.6 Å². The molecular weight excluding hydrogens is 380 g/mol.